The number of fused-ring (bicyclic) bond motifs is 1. The first-order valence-electron chi connectivity index (χ1n) is 9.50. The summed E-state index contributed by atoms with van der Waals surface area (Å²) in [4.78, 5) is 19.5. The van der Waals surface area contributed by atoms with Gasteiger partial charge in [0.05, 0.1) is 33.8 Å². The number of benzene rings is 2. The summed E-state index contributed by atoms with van der Waals surface area (Å²) in [5.41, 5.74) is 2.76. The summed E-state index contributed by atoms with van der Waals surface area (Å²) in [6.07, 6.45) is 0.473. The fourth-order valence-corrected chi connectivity index (χ4v) is 6.26. The van der Waals surface area contributed by atoms with Crippen LogP contribution in [0.1, 0.15) is 12.0 Å². The minimum atomic E-state index is -3.09. The average molecular weight is 427 g/mol. The average Bonchev–Trinajstić information content (AvgIpc) is 3.07. The van der Waals surface area contributed by atoms with Crippen molar-refractivity contribution in [3.63, 3.8) is 0 Å². The number of para-hydroxylation sites is 2. The number of carbonyl (C=O) groups excluding carboxylic acids is 1. The maximum Gasteiger partial charge on any atom is 0.237 e. The van der Waals surface area contributed by atoms with Crippen LogP contribution in [-0.4, -0.2) is 42.6 Å². The van der Waals surface area contributed by atoms with E-state index in [-0.39, 0.29) is 29.2 Å². The second-order valence-electron chi connectivity index (χ2n) is 7.24. The van der Waals surface area contributed by atoms with Crippen LogP contribution in [0.15, 0.2) is 65.7 Å². The van der Waals surface area contributed by atoms with Crippen LogP contribution in [-0.2, 0) is 14.6 Å². The van der Waals surface area contributed by atoms with E-state index in [0.717, 1.165) is 27.2 Å². The highest BCUT2D eigenvalue weighted by atomic mass is 32.2. The quantitative estimate of drug-likeness (QED) is 0.580. The van der Waals surface area contributed by atoms with E-state index in [1.807, 2.05) is 67.6 Å². The second-order valence-corrected chi connectivity index (χ2v) is 10.5. The van der Waals surface area contributed by atoms with Gasteiger partial charge in [0.1, 0.15) is 0 Å². The SMILES string of the molecule is Cc1cc(SCC(=O)N(c2ccccc2)[C@H]2CCS(=O)(=O)C2)nc2ccccc12. The number of sulfone groups is 1. The van der Waals surface area contributed by atoms with E-state index in [9.17, 15) is 13.2 Å². The van der Waals surface area contributed by atoms with Gasteiger partial charge >= 0.3 is 0 Å². The zero-order valence-corrected chi connectivity index (χ0v) is 17.7. The summed E-state index contributed by atoms with van der Waals surface area (Å²) in [7, 11) is -3.09. The molecule has 150 valence electrons. The van der Waals surface area contributed by atoms with Gasteiger partial charge in [-0.25, -0.2) is 13.4 Å². The van der Waals surface area contributed by atoms with Gasteiger partial charge in [0.25, 0.3) is 0 Å². The van der Waals surface area contributed by atoms with E-state index in [1.54, 1.807) is 4.90 Å². The molecule has 1 aromatic heterocycles. The molecule has 1 atom stereocenters. The molecule has 0 N–H and O–H groups in total. The lowest BCUT2D eigenvalue weighted by molar-refractivity contribution is -0.116. The van der Waals surface area contributed by atoms with Gasteiger partial charge in [-0.15, -0.1) is 0 Å². The zero-order valence-electron chi connectivity index (χ0n) is 16.1. The second kappa shape index (κ2) is 8.16. The molecule has 1 aliphatic rings. The fraction of sp³-hybridized carbons (Fsp3) is 0.273. The van der Waals surface area contributed by atoms with Gasteiger partial charge in [0.2, 0.25) is 5.91 Å². The summed E-state index contributed by atoms with van der Waals surface area (Å²) in [6.45, 7) is 2.04. The van der Waals surface area contributed by atoms with Crippen molar-refractivity contribution >= 4 is 44.1 Å². The summed E-state index contributed by atoms with van der Waals surface area (Å²) in [6, 6.07) is 18.9. The maximum atomic E-state index is 13.1. The number of anilines is 1. The van der Waals surface area contributed by atoms with Crippen molar-refractivity contribution in [3.8, 4) is 0 Å². The van der Waals surface area contributed by atoms with Crippen LogP contribution in [0.5, 0.6) is 0 Å². The number of aromatic nitrogens is 1. The van der Waals surface area contributed by atoms with E-state index in [2.05, 4.69) is 4.98 Å². The lowest BCUT2D eigenvalue weighted by atomic mass is 10.1. The van der Waals surface area contributed by atoms with Crippen LogP contribution in [0.25, 0.3) is 10.9 Å². The van der Waals surface area contributed by atoms with Crippen LogP contribution >= 0.6 is 11.8 Å². The largest absolute Gasteiger partial charge is 0.308 e. The number of rotatable bonds is 5. The topological polar surface area (TPSA) is 67.3 Å². The number of nitrogens with zero attached hydrogens (tertiary/aromatic N) is 2. The number of pyridine rings is 1. The van der Waals surface area contributed by atoms with Crippen LogP contribution in [0.2, 0.25) is 0 Å². The Labute approximate surface area is 175 Å². The lowest BCUT2D eigenvalue weighted by Crippen LogP contribution is -2.42. The Kier molecular flexibility index (Phi) is 5.61. The number of carbonyl (C=O) groups is 1. The number of aryl methyl sites for hydroxylation is 1. The molecule has 29 heavy (non-hydrogen) atoms. The van der Waals surface area contributed by atoms with Crippen molar-refractivity contribution in [2.24, 2.45) is 0 Å². The molecular weight excluding hydrogens is 404 g/mol. The first kappa shape index (κ1) is 19.9. The number of amides is 1. The van der Waals surface area contributed by atoms with Crippen molar-refractivity contribution in [1.82, 2.24) is 4.98 Å². The smallest absolute Gasteiger partial charge is 0.237 e. The number of hydrogen-bond donors (Lipinski definition) is 0. The van der Waals surface area contributed by atoms with Crippen LogP contribution in [0.4, 0.5) is 5.69 Å². The first-order valence-corrected chi connectivity index (χ1v) is 12.3. The van der Waals surface area contributed by atoms with E-state index in [1.165, 1.54) is 11.8 Å². The highest BCUT2D eigenvalue weighted by molar-refractivity contribution is 7.99. The summed E-state index contributed by atoms with van der Waals surface area (Å²) < 4.78 is 24.0. The van der Waals surface area contributed by atoms with Crippen molar-refractivity contribution in [3.05, 3.63) is 66.2 Å². The normalized spacial score (nSPS) is 18.0. The van der Waals surface area contributed by atoms with E-state index < -0.39 is 9.84 Å². The highest BCUT2D eigenvalue weighted by Gasteiger charge is 2.35. The Hall–Kier alpha value is -2.38. The Bertz CT molecular complexity index is 1150. The molecule has 1 amide bonds. The molecule has 0 unspecified atom stereocenters. The Morgan fingerprint density at radius 3 is 2.59 bits per heavy atom. The third kappa shape index (κ3) is 4.46. The van der Waals surface area contributed by atoms with Crippen molar-refractivity contribution in [1.29, 1.82) is 0 Å². The molecule has 0 saturated carbocycles. The predicted molar refractivity (Wildman–Crippen MR) is 118 cm³/mol. The van der Waals surface area contributed by atoms with Crippen molar-refractivity contribution in [2.75, 3.05) is 22.2 Å². The summed E-state index contributed by atoms with van der Waals surface area (Å²) in [5.74, 6) is 0.255. The van der Waals surface area contributed by atoms with Gasteiger partial charge < -0.3 is 4.90 Å². The minimum absolute atomic E-state index is 0.0195. The van der Waals surface area contributed by atoms with Gasteiger partial charge in [0.15, 0.2) is 9.84 Å². The molecule has 7 heteroatoms. The fourth-order valence-electron chi connectivity index (χ4n) is 3.72. The zero-order chi connectivity index (χ0) is 20.4. The Morgan fingerprint density at radius 1 is 1.14 bits per heavy atom. The third-order valence-corrected chi connectivity index (χ3v) is 7.77. The molecule has 5 nitrogen and oxygen atoms in total. The highest BCUT2D eigenvalue weighted by Crippen LogP contribution is 2.28. The molecule has 0 spiro atoms. The van der Waals surface area contributed by atoms with Gasteiger partial charge in [-0.1, -0.05) is 48.2 Å². The molecular formula is C22H22N2O3S2. The van der Waals surface area contributed by atoms with Gasteiger partial charge in [-0.2, -0.15) is 0 Å². The first-order chi connectivity index (χ1) is 13.9. The third-order valence-electron chi connectivity index (χ3n) is 5.12. The molecule has 0 aliphatic carbocycles. The molecule has 2 aromatic carbocycles. The summed E-state index contributed by atoms with van der Waals surface area (Å²) >= 11 is 1.39. The molecule has 1 fully saturated rings. The summed E-state index contributed by atoms with van der Waals surface area (Å²) in [5, 5.41) is 1.90. The maximum absolute atomic E-state index is 13.1. The standard InChI is InChI=1S/C22H22N2O3S2/c1-16-13-21(23-20-10-6-5-9-19(16)20)28-14-22(25)24(17-7-3-2-4-8-17)18-11-12-29(26,27)15-18/h2-10,13,18H,11-12,14-15H2,1H3/t18-/m0/s1. The number of hydrogen-bond acceptors (Lipinski definition) is 5. The molecule has 1 aliphatic heterocycles. The Balaban J connectivity index is 1.56. The molecule has 1 saturated heterocycles. The van der Waals surface area contributed by atoms with Gasteiger partial charge in [-0.05, 0) is 43.2 Å². The van der Waals surface area contributed by atoms with Crippen LogP contribution in [0.3, 0.4) is 0 Å². The lowest BCUT2D eigenvalue weighted by Gasteiger charge is -2.28. The van der Waals surface area contributed by atoms with Crippen molar-refractivity contribution in [2.45, 2.75) is 24.4 Å². The predicted octanol–water partition coefficient (Wildman–Crippen LogP) is 3.86. The van der Waals surface area contributed by atoms with Crippen LogP contribution in [0, 0.1) is 6.92 Å². The molecule has 3 aromatic rings. The Morgan fingerprint density at radius 2 is 1.86 bits per heavy atom. The molecule has 0 bridgehead atoms. The number of thioether (sulfide) groups is 1. The molecule has 2 heterocycles. The van der Waals surface area contributed by atoms with Gasteiger partial charge in [0, 0.05) is 11.1 Å². The van der Waals surface area contributed by atoms with E-state index >= 15 is 0 Å². The van der Waals surface area contributed by atoms with Gasteiger partial charge in [-0.3, -0.25) is 4.79 Å². The molecule has 0 radical (unpaired) electrons. The monoisotopic (exact) mass is 426 g/mol. The molecule has 4 rings (SSSR count). The van der Waals surface area contributed by atoms with E-state index in [4.69, 9.17) is 0 Å². The van der Waals surface area contributed by atoms with Crippen LogP contribution < -0.4 is 4.90 Å². The minimum Gasteiger partial charge on any atom is -0.308 e. The van der Waals surface area contributed by atoms with Crippen molar-refractivity contribution < 1.29 is 13.2 Å². The van der Waals surface area contributed by atoms with E-state index in [0.29, 0.717) is 6.42 Å².